The summed E-state index contributed by atoms with van der Waals surface area (Å²) < 4.78 is 17.7. The minimum absolute atomic E-state index is 0.0587. The summed E-state index contributed by atoms with van der Waals surface area (Å²) in [5, 5.41) is 9.50. The first-order valence-corrected chi connectivity index (χ1v) is 23.4. The number of likely N-dealkylation sites (tertiary alicyclic amines) is 1. The molecule has 2 atom stereocenters. The molecular formula is C52H51Br2N5O9. The van der Waals surface area contributed by atoms with Crippen LogP contribution in [0.1, 0.15) is 55.9 Å². The van der Waals surface area contributed by atoms with Crippen LogP contribution >= 0.6 is 31.9 Å². The molecule has 0 saturated carbocycles. The number of amides is 1. The molecule has 0 bridgehead atoms. The van der Waals surface area contributed by atoms with E-state index in [1.54, 1.807) is 29.7 Å². The van der Waals surface area contributed by atoms with Gasteiger partial charge in [-0.25, -0.2) is 19.9 Å². The zero-order valence-electron chi connectivity index (χ0n) is 37.8. The SMILES string of the molecule is CC(C)(C)OC(=O)C1CN(C(=O)[C@@H](CC(=O)OCc2ccccc2)Cc2ccc(-c3ncc(Br)cn3)cc2)C1.O=C(C[C@@H](Cc1ccc(-c2ncc(Br)cn2)cc1)C(=O)O)OCc1ccccc1. The number of carbonyl (C=O) groups is 5. The molecule has 352 valence electrons. The molecule has 4 aromatic carbocycles. The Morgan fingerprint density at radius 3 is 1.40 bits per heavy atom. The van der Waals surface area contributed by atoms with Crippen molar-refractivity contribution in [3.8, 4) is 22.8 Å². The number of carboxylic acids is 1. The summed E-state index contributed by atoms with van der Waals surface area (Å²) in [7, 11) is 0. The number of aromatic nitrogens is 4. The van der Waals surface area contributed by atoms with E-state index < -0.39 is 35.3 Å². The summed E-state index contributed by atoms with van der Waals surface area (Å²) in [6.45, 7) is 6.29. The van der Waals surface area contributed by atoms with Crippen LogP contribution < -0.4 is 0 Å². The van der Waals surface area contributed by atoms with E-state index >= 15 is 0 Å². The maximum absolute atomic E-state index is 13.5. The molecule has 1 fully saturated rings. The van der Waals surface area contributed by atoms with Gasteiger partial charge in [-0.1, -0.05) is 109 Å². The Kier molecular flexibility index (Phi) is 18.2. The second kappa shape index (κ2) is 24.4. The van der Waals surface area contributed by atoms with Gasteiger partial charge in [0.15, 0.2) is 11.6 Å². The molecule has 1 N–H and O–H groups in total. The number of rotatable bonds is 17. The molecule has 0 spiro atoms. The van der Waals surface area contributed by atoms with E-state index in [0.717, 1.165) is 42.3 Å². The maximum atomic E-state index is 13.5. The molecule has 0 aliphatic carbocycles. The standard InChI is InChI=1S/C30H32BrN3O5.C22H19BrN2O4/c1-30(2,3)39-29(37)24-17-34(18-24)28(36)23(14-26(35)38-19-21-7-5-4-6-8-21)13-20-9-11-22(12-10-20)27-32-15-25(31)16-33-27;23-19-12-24-21(25-13-19)17-8-6-15(7-9-17)10-18(22(27)28)11-20(26)29-14-16-4-2-1-3-5-16/h4-12,15-16,23-24H,13-14,17-19H2,1-3H3;1-9,12-13,18H,10-11,14H2,(H,27,28)/t23-;18-/m11/s1. The van der Waals surface area contributed by atoms with Crippen LogP contribution in [-0.4, -0.2) is 78.4 Å². The van der Waals surface area contributed by atoms with Crippen molar-refractivity contribution in [1.82, 2.24) is 24.8 Å². The van der Waals surface area contributed by atoms with Crippen LogP contribution in [0.25, 0.3) is 22.8 Å². The van der Waals surface area contributed by atoms with Crippen LogP contribution in [0.15, 0.2) is 143 Å². The molecule has 0 unspecified atom stereocenters. The summed E-state index contributed by atoms with van der Waals surface area (Å²) in [5.41, 5.74) is 4.54. The summed E-state index contributed by atoms with van der Waals surface area (Å²) in [6, 6.07) is 33.6. The molecule has 1 aliphatic rings. The van der Waals surface area contributed by atoms with Crippen molar-refractivity contribution in [1.29, 1.82) is 0 Å². The van der Waals surface area contributed by atoms with Crippen LogP contribution in [-0.2, 0) is 64.2 Å². The second-order valence-electron chi connectivity index (χ2n) is 17.2. The van der Waals surface area contributed by atoms with Crippen LogP contribution in [0.5, 0.6) is 0 Å². The van der Waals surface area contributed by atoms with Gasteiger partial charge < -0.3 is 24.2 Å². The molecule has 3 heterocycles. The molecule has 1 saturated heterocycles. The number of aliphatic carboxylic acids is 1. The van der Waals surface area contributed by atoms with Gasteiger partial charge in [0.2, 0.25) is 5.91 Å². The van der Waals surface area contributed by atoms with E-state index in [1.165, 1.54) is 0 Å². The van der Waals surface area contributed by atoms with Crippen LogP contribution in [0.4, 0.5) is 0 Å². The molecule has 1 amide bonds. The third-order valence-corrected chi connectivity index (χ3v) is 11.4. The van der Waals surface area contributed by atoms with Crippen LogP contribution in [0, 0.1) is 17.8 Å². The molecular weight excluding hydrogens is 998 g/mol. The Bertz CT molecular complexity index is 2610. The average Bonchev–Trinajstić information content (AvgIpc) is 3.30. The Hall–Kier alpha value is -6.65. The van der Waals surface area contributed by atoms with Crippen molar-refractivity contribution in [2.24, 2.45) is 17.8 Å². The van der Waals surface area contributed by atoms with Gasteiger partial charge in [-0.05, 0) is 87.7 Å². The van der Waals surface area contributed by atoms with Gasteiger partial charge in [0.25, 0.3) is 0 Å². The number of benzene rings is 4. The van der Waals surface area contributed by atoms with Gasteiger partial charge in [0, 0.05) is 49.0 Å². The van der Waals surface area contributed by atoms with Crippen molar-refractivity contribution in [3.05, 3.63) is 165 Å². The highest BCUT2D eigenvalue weighted by Crippen LogP contribution is 2.27. The van der Waals surface area contributed by atoms with Crippen molar-refractivity contribution in [2.75, 3.05) is 13.1 Å². The van der Waals surface area contributed by atoms with Gasteiger partial charge in [-0.2, -0.15) is 0 Å². The monoisotopic (exact) mass is 1050 g/mol. The predicted octanol–water partition coefficient (Wildman–Crippen LogP) is 9.28. The lowest BCUT2D eigenvalue weighted by Gasteiger charge is -2.40. The largest absolute Gasteiger partial charge is 0.481 e. The zero-order chi connectivity index (χ0) is 48.6. The maximum Gasteiger partial charge on any atom is 0.313 e. The van der Waals surface area contributed by atoms with Gasteiger partial charge in [-0.3, -0.25) is 24.0 Å². The number of hydrogen-bond acceptors (Lipinski definition) is 12. The summed E-state index contributed by atoms with van der Waals surface area (Å²) in [5.74, 6) is -3.14. The number of carboxylic acid groups (broad SMARTS) is 1. The first-order chi connectivity index (χ1) is 32.6. The van der Waals surface area contributed by atoms with E-state index in [1.807, 2.05) is 130 Å². The first-order valence-electron chi connectivity index (χ1n) is 21.9. The summed E-state index contributed by atoms with van der Waals surface area (Å²) >= 11 is 6.63. The summed E-state index contributed by atoms with van der Waals surface area (Å²) in [4.78, 5) is 81.0. The van der Waals surface area contributed by atoms with Crippen LogP contribution in [0.2, 0.25) is 0 Å². The van der Waals surface area contributed by atoms with E-state index in [-0.39, 0.29) is 63.4 Å². The highest BCUT2D eigenvalue weighted by molar-refractivity contribution is 9.10. The zero-order valence-corrected chi connectivity index (χ0v) is 41.0. The molecule has 68 heavy (non-hydrogen) atoms. The van der Waals surface area contributed by atoms with E-state index in [9.17, 15) is 29.1 Å². The van der Waals surface area contributed by atoms with Gasteiger partial charge >= 0.3 is 23.9 Å². The third-order valence-electron chi connectivity index (χ3n) is 10.6. The molecule has 14 nitrogen and oxygen atoms in total. The Balaban J connectivity index is 0.000000234. The van der Waals surface area contributed by atoms with E-state index in [4.69, 9.17) is 14.2 Å². The molecule has 16 heteroatoms. The smallest absolute Gasteiger partial charge is 0.313 e. The van der Waals surface area contributed by atoms with Crippen LogP contribution in [0.3, 0.4) is 0 Å². The third kappa shape index (κ3) is 16.0. The Morgan fingerprint density at radius 2 is 1.00 bits per heavy atom. The number of nitrogens with zero attached hydrogens (tertiary/aromatic N) is 5. The number of carbonyl (C=O) groups excluding carboxylic acids is 4. The summed E-state index contributed by atoms with van der Waals surface area (Å²) in [6.07, 6.45) is 7.05. The number of halogens is 2. The lowest BCUT2D eigenvalue weighted by molar-refractivity contribution is -0.169. The number of hydrogen-bond donors (Lipinski definition) is 1. The molecule has 7 rings (SSSR count). The molecule has 0 radical (unpaired) electrons. The highest BCUT2D eigenvalue weighted by atomic mass is 79.9. The van der Waals surface area contributed by atoms with Crippen molar-refractivity contribution >= 4 is 61.6 Å². The fraction of sp³-hybridized carbons (Fsp3) is 0.288. The fourth-order valence-corrected chi connectivity index (χ4v) is 7.42. The predicted molar refractivity (Wildman–Crippen MR) is 260 cm³/mol. The minimum Gasteiger partial charge on any atom is -0.481 e. The van der Waals surface area contributed by atoms with Crippen molar-refractivity contribution < 1.29 is 43.3 Å². The topological polar surface area (TPSA) is 188 Å². The number of esters is 3. The Labute approximate surface area is 411 Å². The number of ether oxygens (including phenoxy) is 3. The molecule has 6 aromatic rings. The lowest BCUT2D eigenvalue weighted by Crippen LogP contribution is -2.56. The highest BCUT2D eigenvalue weighted by Gasteiger charge is 2.41. The minimum atomic E-state index is -1.03. The van der Waals surface area contributed by atoms with E-state index in [2.05, 4.69) is 51.8 Å². The first kappa shape index (κ1) is 50.8. The molecule has 2 aromatic heterocycles. The Morgan fingerprint density at radius 1 is 0.603 bits per heavy atom. The van der Waals surface area contributed by atoms with Crippen molar-refractivity contribution in [2.45, 2.75) is 65.3 Å². The fourth-order valence-electron chi connectivity index (χ4n) is 7.01. The lowest BCUT2D eigenvalue weighted by atomic mass is 9.91. The van der Waals surface area contributed by atoms with Gasteiger partial charge in [-0.15, -0.1) is 0 Å². The quantitative estimate of drug-likeness (QED) is 0.0673. The van der Waals surface area contributed by atoms with Gasteiger partial charge in [0.05, 0.1) is 39.5 Å². The van der Waals surface area contributed by atoms with Crippen molar-refractivity contribution in [3.63, 3.8) is 0 Å². The second-order valence-corrected chi connectivity index (χ2v) is 19.0. The average molecular weight is 1050 g/mol. The normalized spacial score (nSPS) is 13.2. The molecule has 1 aliphatic heterocycles. The van der Waals surface area contributed by atoms with E-state index in [0.29, 0.717) is 18.1 Å². The van der Waals surface area contributed by atoms with Gasteiger partial charge in [0.1, 0.15) is 18.8 Å².